The van der Waals surface area contributed by atoms with E-state index >= 15 is 0 Å². The molecule has 1 aromatic rings. The van der Waals surface area contributed by atoms with Crippen molar-refractivity contribution in [1.29, 1.82) is 0 Å². The number of phenols is 2. The lowest BCUT2D eigenvalue weighted by Gasteiger charge is -2.11. The van der Waals surface area contributed by atoms with Gasteiger partial charge in [0.25, 0.3) is 0 Å². The molecule has 0 saturated heterocycles. The third-order valence-corrected chi connectivity index (χ3v) is 1.84. The standard InChI is InChI=1S/C9H12O3/c1-6(12-2)7-4-3-5-8(10)9(7)11/h3-6,10-11H,1-2H3. The van der Waals surface area contributed by atoms with Crippen LogP contribution in [0, 0.1) is 0 Å². The summed E-state index contributed by atoms with van der Waals surface area (Å²) in [6, 6.07) is 4.81. The van der Waals surface area contributed by atoms with Crippen molar-refractivity contribution in [2.24, 2.45) is 0 Å². The molecule has 66 valence electrons. The molecule has 1 aromatic carbocycles. The summed E-state index contributed by atoms with van der Waals surface area (Å²) >= 11 is 0. The van der Waals surface area contributed by atoms with Crippen LogP contribution in [0.2, 0.25) is 0 Å². The molecule has 0 amide bonds. The first kappa shape index (κ1) is 8.87. The van der Waals surface area contributed by atoms with Crippen molar-refractivity contribution in [3.63, 3.8) is 0 Å². The number of aromatic hydroxyl groups is 2. The number of para-hydroxylation sites is 1. The minimum absolute atomic E-state index is 0.105. The molecule has 0 fully saturated rings. The average Bonchev–Trinajstić information content (AvgIpc) is 2.08. The van der Waals surface area contributed by atoms with Gasteiger partial charge in [-0.05, 0) is 13.0 Å². The Bertz CT molecular complexity index is 270. The highest BCUT2D eigenvalue weighted by Gasteiger charge is 2.11. The minimum atomic E-state index is -0.211. The van der Waals surface area contributed by atoms with Gasteiger partial charge in [-0.2, -0.15) is 0 Å². The molecule has 0 aliphatic rings. The molecular weight excluding hydrogens is 156 g/mol. The van der Waals surface area contributed by atoms with Crippen LogP contribution in [0.15, 0.2) is 18.2 Å². The Balaban J connectivity index is 3.07. The SMILES string of the molecule is COC(C)c1cccc(O)c1O. The van der Waals surface area contributed by atoms with Gasteiger partial charge in [-0.15, -0.1) is 0 Å². The van der Waals surface area contributed by atoms with E-state index < -0.39 is 0 Å². The number of hydrogen-bond donors (Lipinski definition) is 2. The maximum absolute atomic E-state index is 9.37. The van der Waals surface area contributed by atoms with Crippen molar-refractivity contribution in [3.05, 3.63) is 23.8 Å². The number of phenolic OH excluding ortho intramolecular Hbond substituents is 2. The van der Waals surface area contributed by atoms with Gasteiger partial charge in [0.15, 0.2) is 11.5 Å². The molecule has 12 heavy (non-hydrogen) atoms. The van der Waals surface area contributed by atoms with Crippen molar-refractivity contribution in [1.82, 2.24) is 0 Å². The fourth-order valence-corrected chi connectivity index (χ4v) is 1.00. The maximum atomic E-state index is 9.37. The second kappa shape index (κ2) is 3.45. The predicted molar refractivity (Wildman–Crippen MR) is 45.2 cm³/mol. The number of benzene rings is 1. The van der Waals surface area contributed by atoms with Gasteiger partial charge < -0.3 is 14.9 Å². The zero-order valence-electron chi connectivity index (χ0n) is 7.11. The summed E-state index contributed by atoms with van der Waals surface area (Å²) in [7, 11) is 1.55. The Hall–Kier alpha value is -1.22. The number of methoxy groups -OCH3 is 1. The van der Waals surface area contributed by atoms with Gasteiger partial charge in [0.1, 0.15) is 0 Å². The Labute approximate surface area is 71.2 Å². The number of rotatable bonds is 2. The van der Waals surface area contributed by atoms with Crippen LogP contribution in [0.5, 0.6) is 11.5 Å². The zero-order valence-corrected chi connectivity index (χ0v) is 7.11. The summed E-state index contributed by atoms with van der Waals surface area (Å²) in [5.74, 6) is -0.219. The highest BCUT2D eigenvalue weighted by atomic mass is 16.5. The van der Waals surface area contributed by atoms with Gasteiger partial charge in [0.2, 0.25) is 0 Å². The number of hydrogen-bond acceptors (Lipinski definition) is 3. The Kier molecular flexibility index (Phi) is 2.55. The fraction of sp³-hybridized carbons (Fsp3) is 0.333. The molecule has 1 unspecified atom stereocenters. The highest BCUT2D eigenvalue weighted by Crippen LogP contribution is 2.33. The second-order valence-electron chi connectivity index (χ2n) is 2.59. The topological polar surface area (TPSA) is 49.7 Å². The molecule has 0 saturated carbocycles. The van der Waals surface area contributed by atoms with E-state index in [0.29, 0.717) is 5.56 Å². The third-order valence-electron chi connectivity index (χ3n) is 1.84. The molecule has 0 aliphatic heterocycles. The molecular formula is C9H12O3. The average molecular weight is 168 g/mol. The first-order valence-electron chi connectivity index (χ1n) is 3.70. The number of ether oxygens (including phenoxy) is 1. The molecule has 2 N–H and O–H groups in total. The van der Waals surface area contributed by atoms with Crippen LogP contribution in [-0.2, 0) is 4.74 Å². The smallest absolute Gasteiger partial charge is 0.163 e. The minimum Gasteiger partial charge on any atom is -0.504 e. The van der Waals surface area contributed by atoms with E-state index in [1.54, 1.807) is 26.2 Å². The summed E-state index contributed by atoms with van der Waals surface area (Å²) in [4.78, 5) is 0. The van der Waals surface area contributed by atoms with Gasteiger partial charge in [-0.3, -0.25) is 0 Å². The van der Waals surface area contributed by atoms with Crippen molar-refractivity contribution in [2.45, 2.75) is 13.0 Å². The molecule has 0 radical (unpaired) electrons. The van der Waals surface area contributed by atoms with Gasteiger partial charge in [0.05, 0.1) is 6.10 Å². The predicted octanol–water partition coefficient (Wildman–Crippen LogP) is 1.81. The Morgan fingerprint density at radius 3 is 2.58 bits per heavy atom. The molecule has 3 heteroatoms. The van der Waals surface area contributed by atoms with Crippen molar-refractivity contribution in [3.8, 4) is 11.5 Å². The molecule has 0 aliphatic carbocycles. The molecule has 1 rings (SSSR count). The van der Waals surface area contributed by atoms with E-state index in [1.165, 1.54) is 6.07 Å². The lowest BCUT2D eigenvalue weighted by molar-refractivity contribution is 0.116. The first-order valence-corrected chi connectivity index (χ1v) is 3.70. The van der Waals surface area contributed by atoms with Crippen LogP contribution >= 0.6 is 0 Å². The van der Waals surface area contributed by atoms with Crippen LogP contribution in [0.3, 0.4) is 0 Å². The van der Waals surface area contributed by atoms with Crippen LogP contribution in [-0.4, -0.2) is 17.3 Å². The first-order chi connectivity index (χ1) is 5.66. The summed E-state index contributed by atoms with van der Waals surface area (Å²) in [5.41, 5.74) is 0.595. The van der Waals surface area contributed by atoms with Gasteiger partial charge in [-0.1, -0.05) is 12.1 Å². The summed E-state index contributed by atoms with van der Waals surface area (Å²) in [6.45, 7) is 1.80. The van der Waals surface area contributed by atoms with Gasteiger partial charge >= 0.3 is 0 Å². The molecule has 0 aromatic heterocycles. The van der Waals surface area contributed by atoms with Crippen LogP contribution in [0.1, 0.15) is 18.6 Å². The fourth-order valence-electron chi connectivity index (χ4n) is 1.00. The normalized spacial score (nSPS) is 12.8. The van der Waals surface area contributed by atoms with E-state index in [4.69, 9.17) is 9.84 Å². The van der Waals surface area contributed by atoms with E-state index in [9.17, 15) is 5.11 Å². The lowest BCUT2D eigenvalue weighted by Crippen LogP contribution is -1.95. The Morgan fingerprint density at radius 2 is 2.00 bits per heavy atom. The van der Waals surface area contributed by atoms with E-state index in [-0.39, 0.29) is 17.6 Å². The molecule has 3 nitrogen and oxygen atoms in total. The van der Waals surface area contributed by atoms with Crippen LogP contribution in [0.4, 0.5) is 0 Å². The molecule has 0 bridgehead atoms. The van der Waals surface area contributed by atoms with Crippen molar-refractivity contribution in [2.75, 3.05) is 7.11 Å². The maximum Gasteiger partial charge on any atom is 0.163 e. The third kappa shape index (κ3) is 1.51. The summed E-state index contributed by atoms with van der Waals surface area (Å²) < 4.78 is 5.00. The summed E-state index contributed by atoms with van der Waals surface area (Å²) in [6.07, 6.45) is -0.211. The molecule has 0 heterocycles. The van der Waals surface area contributed by atoms with Gasteiger partial charge in [0, 0.05) is 12.7 Å². The highest BCUT2D eigenvalue weighted by molar-refractivity contribution is 5.45. The molecule has 1 atom stereocenters. The van der Waals surface area contributed by atoms with Crippen LogP contribution in [0.25, 0.3) is 0 Å². The lowest BCUT2D eigenvalue weighted by atomic mass is 10.1. The monoisotopic (exact) mass is 168 g/mol. The summed E-state index contributed by atoms with van der Waals surface area (Å²) in [5, 5.41) is 18.5. The van der Waals surface area contributed by atoms with Gasteiger partial charge in [-0.25, -0.2) is 0 Å². The van der Waals surface area contributed by atoms with Crippen LogP contribution < -0.4 is 0 Å². The quantitative estimate of drug-likeness (QED) is 0.662. The van der Waals surface area contributed by atoms with E-state index in [1.807, 2.05) is 0 Å². The van der Waals surface area contributed by atoms with E-state index in [0.717, 1.165) is 0 Å². The Morgan fingerprint density at radius 1 is 1.33 bits per heavy atom. The largest absolute Gasteiger partial charge is 0.504 e. The molecule has 0 spiro atoms. The van der Waals surface area contributed by atoms with E-state index in [2.05, 4.69) is 0 Å². The van der Waals surface area contributed by atoms with Crippen molar-refractivity contribution >= 4 is 0 Å². The second-order valence-corrected chi connectivity index (χ2v) is 2.59. The van der Waals surface area contributed by atoms with Crippen molar-refractivity contribution < 1.29 is 14.9 Å². The zero-order chi connectivity index (χ0) is 9.14.